The Balaban J connectivity index is 1.77. The van der Waals surface area contributed by atoms with Gasteiger partial charge in [0.2, 0.25) is 0 Å². The van der Waals surface area contributed by atoms with E-state index in [1.807, 2.05) is 12.1 Å². The number of rotatable bonds is 5. The van der Waals surface area contributed by atoms with Crippen LogP contribution < -0.4 is 0 Å². The van der Waals surface area contributed by atoms with Gasteiger partial charge in [0.1, 0.15) is 10.8 Å². The van der Waals surface area contributed by atoms with Crippen LogP contribution in [0.3, 0.4) is 0 Å². The van der Waals surface area contributed by atoms with Crippen LogP contribution in [0.1, 0.15) is 19.3 Å². The average Bonchev–Trinajstić information content (AvgIpc) is 3.25. The molecule has 1 saturated carbocycles. The molecule has 21 heavy (non-hydrogen) atoms. The highest BCUT2D eigenvalue weighted by Gasteiger charge is 2.44. The first-order valence-corrected chi connectivity index (χ1v) is 7.88. The summed E-state index contributed by atoms with van der Waals surface area (Å²) in [7, 11) is 1.43. The Bertz CT molecular complexity index is 682. The quantitative estimate of drug-likeness (QED) is 0.678. The van der Waals surface area contributed by atoms with E-state index in [9.17, 15) is 9.90 Å². The number of fused-ring (bicyclic) bond motifs is 1. The molecule has 0 aliphatic heterocycles. The normalized spacial score (nSPS) is 15.9. The van der Waals surface area contributed by atoms with E-state index in [0.29, 0.717) is 6.42 Å². The third-order valence-corrected chi connectivity index (χ3v) is 5.29. The number of pyridine rings is 1. The first kappa shape index (κ1) is 14.2. The van der Waals surface area contributed by atoms with Crippen LogP contribution in [0.5, 0.6) is 5.75 Å². The molecular formula is C16H17NO3S. The Labute approximate surface area is 127 Å². The predicted molar refractivity (Wildman–Crippen MR) is 82.4 cm³/mol. The number of carbonyl (C=O) groups excluding carboxylic acids is 1. The number of aromatic nitrogens is 1. The number of phenolic OH excluding ortho intramolecular Hbond substituents is 1. The molecule has 0 atom stereocenters. The molecule has 110 valence electrons. The van der Waals surface area contributed by atoms with E-state index in [2.05, 4.69) is 4.98 Å². The van der Waals surface area contributed by atoms with Crippen molar-refractivity contribution >= 4 is 28.5 Å². The molecular weight excluding hydrogens is 286 g/mol. The lowest BCUT2D eigenvalue weighted by atomic mass is 10.1. The highest BCUT2D eigenvalue weighted by atomic mass is 32.2. The highest BCUT2D eigenvalue weighted by Crippen LogP contribution is 2.52. The van der Waals surface area contributed by atoms with Crippen LogP contribution >= 0.6 is 11.8 Å². The van der Waals surface area contributed by atoms with Crippen LogP contribution in [0.4, 0.5) is 0 Å². The van der Waals surface area contributed by atoms with Crippen LogP contribution in [0, 0.1) is 5.41 Å². The fourth-order valence-electron chi connectivity index (χ4n) is 2.39. The number of esters is 1. The summed E-state index contributed by atoms with van der Waals surface area (Å²) in [5.74, 6) is 0.953. The highest BCUT2D eigenvalue weighted by molar-refractivity contribution is 7.99. The Kier molecular flexibility index (Phi) is 3.76. The van der Waals surface area contributed by atoms with Gasteiger partial charge in [0.05, 0.1) is 13.5 Å². The summed E-state index contributed by atoms with van der Waals surface area (Å²) in [5.41, 5.74) is 0.0679. The van der Waals surface area contributed by atoms with Crippen LogP contribution in [0.25, 0.3) is 10.8 Å². The minimum atomic E-state index is -0.142. The largest absolute Gasteiger partial charge is 0.508 e. The zero-order valence-electron chi connectivity index (χ0n) is 11.8. The number of benzene rings is 1. The first-order chi connectivity index (χ1) is 10.1. The van der Waals surface area contributed by atoms with Crippen molar-refractivity contribution < 1.29 is 14.6 Å². The lowest BCUT2D eigenvalue weighted by Crippen LogP contribution is -2.13. The topological polar surface area (TPSA) is 59.4 Å². The molecule has 0 radical (unpaired) electrons. The van der Waals surface area contributed by atoms with Gasteiger partial charge < -0.3 is 9.84 Å². The summed E-state index contributed by atoms with van der Waals surface area (Å²) < 4.78 is 4.77. The summed E-state index contributed by atoms with van der Waals surface area (Å²) in [4.78, 5) is 15.9. The van der Waals surface area contributed by atoms with Gasteiger partial charge in [-0.3, -0.25) is 4.79 Å². The Hall–Kier alpha value is -1.75. The van der Waals surface area contributed by atoms with Crippen LogP contribution in [-0.2, 0) is 9.53 Å². The smallest absolute Gasteiger partial charge is 0.306 e. The SMILES string of the molecule is COC(=O)CC1(CSc2nccc3ccc(O)cc23)CC1. The maximum atomic E-state index is 11.5. The maximum Gasteiger partial charge on any atom is 0.306 e. The maximum absolute atomic E-state index is 11.5. The summed E-state index contributed by atoms with van der Waals surface area (Å²) in [6.45, 7) is 0. The van der Waals surface area contributed by atoms with E-state index < -0.39 is 0 Å². The lowest BCUT2D eigenvalue weighted by molar-refractivity contribution is -0.141. The van der Waals surface area contributed by atoms with E-state index in [1.54, 1.807) is 30.1 Å². The molecule has 0 unspecified atom stereocenters. The number of phenols is 1. The Morgan fingerprint density at radius 3 is 2.95 bits per heavy atom. The van der Waals surface area contributed by atoms with E-state index in [-0.39, 0.29) is 17.1 Å². The number of methoxy groups -OCH3 is 1. The van der Waals surface area contributed by atoms with E-state index in [1.165, 1.54) is 7.11 Å². The molecule has 1 fully saturated rings. The molecule has 0 amide bonds. The van der Waals surface area contributed by atoms with Gasteiger partial charge in [-0.1, -0.05) is 6.07 Å². The summed E-state index contributed by atoms with van der Waals surface area (Å²) >= 11 is 1.65. The van der Waals surface area contributed by atoms with Gasteiger partial charge >= 0.3 is 5.97 Å². The average molecular weight is 303 g/mol. The molecule has 5 heteroatoms. The van der Waals surface area contributed by atoms with Crippen molar-refractivity contribution in [3.8, 4) is 5.75 Å². The number of nitrogens with zero attached hydrogens (tertiary/aromatic N) is 1. The van der Waals surface area contributed by atoms with Crippen molar-refractivity contribution in [3.05, 3.63) is 30.5 Å². The van der Waals surface area contributed by atoms with Gasteiger partial charge in [0.15, 0.2) is 0 Å². The van der Waals surface area contributed by atoms with Gasteiger partial charge in [-0.25, -0.2) is 4.98 Å². The minimum Gasteiger partial charge on any atom is -0.508 e. The number of hydrogen-bond donors (Lipinski definition) is 1. The zero-order valence-corrected chi connectivity index (χ0v) is 12.7. The standard InChI is InChI=1S/C16H17NO3S/c1-20-14(19)9-16(5-6-16)10-21-15-13-8-12(18)3-2-11(13)4-7-17-15/h2-4,7-8,18H,5-6,9-10H2,1H3. The molecule has 0 spiro atoms. The van der Waals surface area contributed by atoms with Gasteiger partial charge in [-0.15, -0.1) is 11.8 Å². The zero-order chi connectivity index (χ0) is 14.9. The third-order valence-electron chi connectivity index (χ3n) is 3.93. The lowest BCUT2D eigenvalue weighted by Gasteiger charge is -2.13. The van der Waals surface area contributed by atoms with Crippen LogP contribution in [0.2, 0.25) is 0 Å². The molecule has 1 aliphatic carbocycles. The first-order valence-electron chi connectivity index (χ1n) is 6.89. The fraction of sp³-hybridized carbons (Fsp3) is 0.375. The molecule has 0 saturated heterocycles. The minimum absolute atomic E-state index is 0.0679. The molecule has 0 bridgehead atoms. The predicted octanol–water partition coefficient (Wildman–Crippen LogP) is 3.38. The van der Waals surface area contributed by atoms with Gasteiger partial charge in [0.25, 0.3) is 0 Å². The number of carbonyl (C=O) groups is 1. The number of ether oxygens (including phenoxy) is 1. The van der Waals surface area contributed by atoms with Gasteiger partial charge in [0, 0.05) is 17.3 Å². The van der Waals surface area contributed by atoms with E-state index in [4.69, 9.17) is 4.74 Å². The number of thioether (sulfide) groups is 1. The summed E-state index contributed by atoms with van der Waals surface area (Å²) in [6, 6.07) is 7.24. The van der Waals surface area contributed by atoms with Gasteiger partial charge in [-0.2, -0.15) is 0 Å². The number of hydrogen-bond acceptors (Lipinski definition) is 5. The Morgan fingerprint density at radius 2 is 2.24 bits per heavy atom. The monoisotopic (exact) mass is 303 g/mol. The Morgan fingerprint density at radius 1 is 1.43 bits per heavy atom. The van der Waals surface area contributed by atoms with Crippen LogP contribution in [0.15, 0.2) is 35.5 Å². The van der Waals surface area contributed by atoms with E-state index >= 15 is 0 Å². The second kappa shape index (κ2) is 5.56. The molecule has 1 N–H and O–H groups in total. The summed E-state index contributed by atoms with van der Waals surface area (Å²) in [5, 5.41) is 12.6. The molecule has 1 heterocycles. The number of aromatic hydroxyl groups is 1. The molecule has 1 aliphatic rings. The fourth-order valence-corrected chi connectivity index (χ4v) is 3.69. The molecule has 2 aromatic rings. The molecule has 3 rings (SSSR count). The second-order valence-corrected chi connectivity index (χ2v) is 6.53. The molecule has 1 aromatic heterocycles. The van der Waals surface area contributed by atoms with Crippen molar-refractivity contribution in [2.24, 2.45) is 5.41 Å². The van der Waals surface area contributed by atoms with Crippen molar-refractivity contribution in [1.29, 1.82) is 0 Å². The van der Waals surface area contributed by atoms with Crippen molar-refractivity contribution in [1.82, 2.24) is 4.98 Å². The van der Waals surface area contributed by atoms with Crippen LogP contribution in [-0.4, -0.2) is 28.9 Å². The van der Waals surface area contributed by atoms with Crippen molar-refractivity contribution in [2.45, 2.75) is 24.3 Å². The third kappa shape index (κ3) is 3.13. The van der Waals surface area contributed by atoms with Gasteiger partial charge in [-0.05, 0) is 41.8 Å². The van der Waals surface area contributed by atoms with E-state index in [0.717, 1.165) is 34.4 Å². The van der Waals surface area contributed by atoms with Crippen molar-refractivity contribution in [2.75, 3.05) is 12.9 Å². The molecule has 4 nitrogen and oxygen atoms in total. The van der Waals surface area contributed by atoms with Crippen molar-refractivity contribution in [3.63, 3.8) is 0 Å². The molecule has 1 aromatic carbocycles. The second-order valence-electron chi connectivity index (χ2n) is 5.56. The summed E-state index contributed by atoms with van der Waals surface area (Å²) in [6.07, 6.45) is 4.38.